The smallest absolute Gasteiger partial charge is 0.512 e. The number of halogens is 1. The van der Waals surface area contributed by atoms with Crippen LogP contribution in [0.5, 0.6) is 0 Å². The van der Waals surface area contributed by atoms with E-state index in [1.54, 1.807) is 79.5 Å². The monoisotopic (exact) mass is 1780 g/mol. The van der Waals surface area contributed by atoms with Crippen molar-refractivity contribution in [3.63, 3.8) is 0 Å². The third-order valence-electron chi connectivity index (χ3n) is 18.7. The summed E-state index contributed by atoms with van der Waals surface area (Å²) in [6.45, 7) is 52.5. The number of nitrogens with one attached hydrogen (secondary N) is 3. The number of fused-ring (bicyclic) bond motifs is 2. The number of primary amides is 1. The number of rotatable bonds is 36. The first-order valence-corrected chi connectivity index (χ1v) is 57.7. The van der Waals surface area contributed by atoms with E-state index < -0.39 is 64.2 Å². The Morgan fingerprint density at radius 3 is 1.35 bits per heavy atom. The summed E-state index contributed by atoms with van der Waals surface area (Å²) in [5.41, 5.74) is 8.96. The number of hydrogen-bond acceptors (Lipinski definition) is 21. The van der Waals surface area contributed by atoms with E-state index in [4.69, 9.17) is 68.0 Å². The van der Waals surface area contributed by atoms with Crippen molar-refractivity contribution in [1.82, 2.24) is 77.9 Å². The molecule has 11 heterocycles. The molecule has 2 aliphatic heterocycles. The molecule has 9 aromatic heterocycles. The number of carbonyl (C=O) groups is 5. The van der Waals surface area contributed by atoms with Crippen molar-refractivity contribution in [2.75, 3.05) is 46.2 Å². The summed E-state index contributed by atoms with van der Waals surface area (Å²) in [6, 6.07) is 14.0. The van der Waals surface area contributed by atoms with E-state index in [1.165, 1.54) is 12.2 Å². The number of aryl methyl sites for hydroxylation is 2. The quantitative estimate of drug-likeness (QED) is 0.00698. The van der Waals surface area contributed by atoms with Gasteiger partial charge in [-0.3, -0.25) is 34.6 Å². The molecule has 9 aromatic rings. The summed E-state index contributed by atoms with van der Waals surface area (Å²) < 4.78 is 40.4. The van der Waals surface area contributed by atoms with Gasteiger partial charge in [0, 0.05) is 200 Å². The number of aromatic amines is 1. The number of pyridine rings is 2. The molecule has 650 valence electrons. The molecule has 11 rings (SSSR count). The second kappa shape index (κ2) is 51.5. The van der Waals surface area contributed by atoms with Gasteiger partial charge < -0.3 is 83.5 Å². The molecule has 0 saturated heterocycles. The van der Waals surface area contributed by atoms with Gasteiger partial charge in [0.1, 0.15) is 67.3 Å². The molecule has 0 radical (unpaired) electrons. The Bertz CT molecular complexity index is 4800. The molecule has 5 amide bonds. The molecule has 120 heavy (non-hydrogen) atoms. The average Bonchev–Trinajstić information content (AvgIpc) is 1.60. The molecule has 0 atom stereocenters. The topological polar surface area (TPSA) is 405 Å². The van der Waals surface area contributed by atoms with E-state index in [1.807, 2.05) is 59.6 Å². The molecular weight excluding hydrogens is 1660 g/mol. The number of imidazole rings is 5. The van der Waals surface area contributed by atoms with Gasteiger partial charge in [-0.15, -0.1) is 11.6 Å². The number of aromatic nitrogens is 14. The van der Waals surface area contributed by atoms with E-state index >= 15 is 0 Å². The minimum absolute atomic E-state index is 0. The molecular formula is C82H127ClKN19O12Si5. The number of alkyl halides is 1. The molecule has 31 nitrogen and oxygen atoms in total. The molecule has 0 aromatic carbocycles. The average molecular weight is 1790 g/mol. The van der Waals surface area contributed by atoms with Gasteiger partial charge in [-0.1, -0.05) is 107 Å². The summed E-state index contributed by atoms with van der Waals surface area (Å²) in [6.07, 6.45) is 26.2. The molecule has 0 unspecified atom stereocenters. The van der Waals surface area contributed by atoms with E-state index in [9.17, 15) is 24.0 Å². The van der Waals surface area contributed by atoms with Crippen LogP contribution in [-0.4, -0.2) is 194 Å². The Kier molecular flexibility index (Phi) is 45.7. The number of nitrogens with zero attached hydrogens (tertiary/aromatic N) is 15. The molecule has 2 aliphatic rings. The first-order valence-electron chi connectivity index (χ1n) is 39.5. The molecule has 38 heteroatoms. The largest absolute Gasteiger partial charge is 1.00 e. The van der Waals surface area contributed by atoms with Crippen LogP contribution in [0.25, 0.3) is 44.4 Å². The van der Waals surface area contributed by atoms with Crippen molar-refractivity contribution in [2.45, 2.75) is 228 Å². The fraction of sp³-hybridized carbons (Fsp3) is 0.512. The van der Waals surface area contributed by atoms with Crippen LogP contribution in [0, 0.1) is 23.2 Å². The van der Waals surface area contributed by atoms with Crippen LogP contribution in [0.4, 0.5) is 0 Å². The first kappa shape index (κ1) is 107. The standard InChI is InChI=1S/C29H43N5O4Si2.C17H15N5O3.C11H21N3O2Si.C11H19N3OSi.C10H19ClN2OSi.C2H6O.CN.CH4.K/c1-29(2,3)40(7,8)38-16-10-14-33-19-22(21-11-9-12-30-25(21)33)23-24(28(36)32-27(23)35)26-31-13-15-34(26)20-37-17-18-39(4,5)6;23-8-2-7-22-9-11(10-3-1-4-20-15(10)22)12-13(14-18-5-6-19-14)17(25)21-16(12)24;1-17(2,3)7-6-16-9-14-5-4-13-11(14)8-10(12)15;1-16(2,3)9-8-15-10-14-7-6-13-11(14)4-5-12;1-15(2,3)7-6-14-9-13-5-4-12-10(13)8-11;1-2-3;1-2;;/h9,11-13,15,19H,10,14,16-18,20H2,1-8H3,(H,32,35,36);1,3-6,9,23H,2,7-8H2,(H,18,19)(H,21,24,25);4-5H,6-9H2,1-3H3,(H2,12,15);6-7H,4,8-10H2,1-3H3;4-5H,6-9H2,1-3H3;3H,2H2,1H3;;1H4;/q;;;;;;-1;;+1. The number of imide groups is 2. The number of nitriles is 1. The SMILES string of the molecule is C.CC(C)(C)[Si](C)(C)OCCCn1cc(C2=C(c3nccn3COCC[Si](C)(C)C)C(=O)NC2=O)c2cccnc21.CCO.C[Si](C)(C)CCOCn1ccnc1CC#N.C[Si](C)(C)CCOCn1ccnc1CC(N)=O.C[Si](C)(C)CCOCn1ccnc1CCl.O=C1NC(=O)C(c2cn(CCCO)c3ncccc23)=C1c1ncc[nH]1.[C-]#N.[K+]. The zero-order chi connectivity index (χ0) is 87.6. The van der Waals surface area contributed by atoms with Crippen molar-refractivity contribution in [1.29, 1.82) is 10.5 Å². The predicted octanol–water partition coefficient (Wildman–Crippen LogP) is 10.4. The van der Waals surface area contributed by atoms with Crippen molar-refractivity contribution >= 4 is 126 Å². The second-order valence-electron chi connectivity index (χ2n) is 34.2. The third-order valence-corrected chi connectivity index (χ3v) is 30.3. The number of ether oxygens (including phenoxy) is 4. The Labute approximate surface area is 760 Å². The summed E-state index contributed by atoms with van der Waals surface area (Å²) in [4.78, 5) is 94.6. The molecule has 0 spiro atoms. The Morgan fingerprint density at radius 1 is 0.542 bits per heavy atom. The van der Waals surface area contributed by atoms with Gasteiger partial charge in [0.25, 0.3) is 23.6 Å². The maximum atomic E-state index is 13.2. The van der Waals surface area contributed by atoms with Gasteiger partial charge >= 0.3 is 51.4 Å². The van der Waals surface area contributed by atoms with Crippen LogP contribution in [0.15, 0.2) is 111 Å². The van der Waals surface area contributed by atoms with Gasteiger partial charge in [-0.2, -0.15) is 5.26 Å². The van der Waals surface area contributed by atoms with Crippen molar-refractivity contribution in [2.24, 2.45) is 5.73 Å². The second-order valence-corrected chi connectivity index (χ2v) is 61.8. The number of nitrogens with two attached hydrogens (primary N) is 1. The predicted molar refractivity (Wildman–Crippen MR) is 479 cm³/mol. The van der Waals surface area contributed by atoms with Crippen molar-refractivity contribution in [3.05, 3.63) is 158 Å². The van der Waals surface area contributed by atoms with Crippen LogP contribution in [0.2, 0.25) is 121 Å². The fourth-order valence-corrected chi connectivity index (χ4v) is 15.5. The van der Waals surface area contributed by atoms with E-state index in [0.29, 0.717) is 105 Å². The van der Waals surface area contributed by atoms with Crippen LogP contribution in [0.3, 0.4) is 0 Å². The van der Waals surface area contributed by atoms with Gasteiger partial charge in [0.15, 0.2) is 8.32 Å². The number of aliphatic hydroxyl groups is 2. The summed E-state index contributed by atoms with van der Waals surface area (Å²) in [5, 5.41) is 38.1. The van der Waals surface area contributed by atoms with E-state index in [2.05, 4.69) is 169 Å². The van der Waals surface area contributed by atoms with Crippen LogP contribution in [-0.2, 0) is 106 Å². The Hall–Kier alpha value is -7.63. The van der Waals surface area contributed by atoms with Gasteiger partial charge in [0.05, 0.1) is 47.1 Å². The molecule has 0 saturated carbocycles. The maximum absolute atomic E-state index is 13.2. The fourth-order valence-electron chi connectivity index (χ4n) is 11.1. The third kappa shape index (κ3) is 34.6. The van der Waals surface area contributed by atoms with Gasteiger partial charge in [-0.25, -0.2) is 34.9 Å². The summed E-state index contributed by atoms with van der Waals surface area (Å²) in [7, 11) is -6.10. The van der Waals surface area contributed by atoms with E-state index in [0.717, 1.165) is 72.4 Å². The van der Waals surface area contributed by atoms with Gasteiger partial charge in [-0.05, 0) is 86.3 Å². The zero-order valence-corrected chi connectivity index (χ0v) is 82.0. The molecule has 7 N–H and O–H groups in total. The normalized spacial score (nSPS) is 12.9. The first-order chi connectivity index (χ1) is 55.7. The van der Waals surface area contributed by atoms with Crippen LogP contribution >= 0.6 is 11.6 Å². The minimum Gasteiger partial charge on any atom is -0.512 e. The summed E-state index contributed by atoms with van der Waals surface area (Å²) >= 11 is 5.73. The molecule has 0 aliphatic carbocycles. The van der Waals surface area contributed by atoms with Crippen molar-refractivity contribution < 1.29 is 109 Å². The molecule has 0 fully saturated rings. The van der Waals surface area contributed by atoms with Crippen molar-refractivity contribution in [3.8, 4) is 6.07 Å². The number of H-pyrrole nitrogens is 1. The number of amides is 5. The number of carbonyl (C=O) groups excluding carboxylic acids is 5. The zero-order valence-electron chi connectivity index (χ0n) is 73.1. The number of aliphatic hydroxyl groups excluding tert-OH is 2. The Morgan fingerprint density at radius 2 is 0.933 bits per heavy atom. The molecule has 0 bridgehead atoms. The Balaban J connectivity index is 0.000000402. The van der Waals surface area contributed by atoms with E-state index in [-0.39, 0.29) is 113 Å². The van der Waals surface area contributed by atoms with Crippen LogP contribution in [0.1, 0.15) is 88.2 Å². The summed E-state index contributed by atoms with van der Waals surface area (Å²) in [5.74, 6) is 1.30. The number of hydrogen-bond donors (Lipinski definition) is 6. The maximum Gasteiger partial charge on any atom is 1.00 e. The van der Waals surface area contributed by atoms with Crippen LogP contribution < -0.4 is 67.8 Å². The minimum atomic E-state index is -1.84. The van der Waals surface area contributed by atoms with Gasteiger partial charge in [0.2, 0.25) is 5.91 Å².